The van der Waals surface area contributed by atoms with Gasteiger partial charge in [-0.25, -0.2) is 4.79 Å². The van der Waals surface area contributed by atoms with E-state index in [-0.39, 0.29) is 6.61 Å². The predicted octanol–water partition coefficient (Wildman–Crippen LogP) is 5.32. The highest BCUT2D eigenvalue weighted by atomic mass is 35.5. The summed E-state index contributed by atoms with van der Waals surface area (Å²) < 4.78 is 5.70. The molecule has 0 fully saturated rings. The Morgan fingerprint density at radius 2 is 1.86 bits per heavy atom. The first-order valence-electron chi connectivity index (χ1n) is 6.23. The molecular weight excluding hydrogens is 347 g/mol. The second kappa shape index (κ2) is 7.54. The zero-order valence-corrected chi connectivity index (χ0v) is 13.5. The number of aliphatic carboxylic acids is 1. The van der Waals surface area contributed by atoms with Crippen LogP contribution in [0, 0.1) is 0 Å². The Labute approximate surface area is 142 Å². The van der Waals surface area contributed by atoms with Gasteiger partial charge >= 0.3 is 5.97 Å². The molecule has 3 nitrogen and oxygen atoms in total. The van der Waals surface area contributed by atoms with Gasteiger partial charge in [-0.15, -0.1) is 0 Å². The zero-order chi connectivity index (χ0) is 16.1. The molecule has 0 bridgehead atoms. The summed E-state index contributed by atoms with van der Waals surface area (Å²) >= 11 is 17.7. The molecular formula is C16H11Cl3O3. The van der Waals surface area contributed by atoms with Gasteiger partial charge in [0.05, 0.1) is 10.0 Å². The van der Waals surface area contributed by atoms with Crippen LogP contribution in [0.3, 0.4) is 0 Å². The molecule has 2 rings (SSSR count). The minimum Gasteiger partial charge on any atom is -0.488 e. The van der Waals surface area contributed by atoms with Gasteiger partial charge in [-0.3, -0.25) is 0 Å². The summed E-state index contributed by atoms with van der Waals surface area (Å²) in [5, 5.41) is 10.1. The van der Waals surface area contributed by atoms with Crippen LogP contribution in [-0.4, -0.2) is 11.1 Å². The summed E-state index contributed by atoms with van der Waals surface area (Å²) in [6.45, 7) is 0.270. The van der Waals surface area contributed by atoms with E-state index in [9.17, 15) is 4.79 Å². The Hall–Kier alpha value is -1.68. The first-order chi connectivity index (χ1) is 10.5. The van der Waals surface area contributed by atoms with Crippen molar-refractivity contribution in [1.29, 1.82) is 0 Å². The van der Waals surface area contributed by atoms with Crippen LogP contribution in [0.4, 0.5) is 0 Å². The minimum absolute atomic E-state index is 0.270. The topological polar surface area (TPSA) is 46.5 Å². The summed E-state index contributed by atoms with van der Waals surface area (Å²) in [6.07, 6.45) is 2.45. The molecule has 0 amide bonds. The highest BCUT2D eigenvalue weighted by Gasteiger charge is 2.05. The fraction of sp³-hybridized carbons (Fsp3) is 0.0625. The average Bonchev–Trinajstić information content (AvgIpc) is 2.47. The maximum Gasteiger partial charge on any atom is 0.328 e. The third-order valence-electron chi connectivity index (χ3n) is 2.76. The van der Waals surface area contributed by atoms with E-state index in [0.29, 0.717) is 26.4 Å². The maximum absolute atomic E-state index is 10.6. The molecule has 22 heavy (non-hydrogen) atoms. The molecule has 0 heterocycles. The molecule has 0 aromatic heterocycles. The van der Waals surface area contributed by atoms with E-state index in [2.05, 4.69) is 0 Å². The Kier molecular flexibility index (Phi) is 5.72. The van der Waals surface area contributed by atoms with Crippen LogP contribution in [0.25, 0.3) is 6.08 Å². The van der Waals surface area contributed by atoms with Gasteiger partial charge in [0.15, 0.2) is 0 Å². The molecule has 6 heteroatoms. The van der Waals surface area contributed by atoms with E-state index in [1.807, 2.05) is 0 Å². The van der Waals surface area contributed by atoms with Gasteiger partial charge in [-0.1, -0.05) is 40.9 Å². The molecule has 0 atom stereocenters. The molecule has 0 saturated heterocycles. The maximum atomic E-state index is 10.6. The van der Waals surface area contributed by atoms with Crippen LogP contribution in [-0.2, 0) is 11.4 Å². The van der Waals surface area contributed by atoms with Gasteiger partial charge in [0.25, 0.3) is 0 Å². The molecule has 1 N–H and O–H groups in total. The number of carboxylic acids is 1. The third-order valence-corrected chi connectivity index (χ3v) is 3.73. The van der Waals surface area contributed by atoms with E-state index in [0.717, 1.165) is 11.6 Å². The smallest absolute Gasteiger partial charge is 0.328 e. The lowest BCUT2D eigenvalue weighted by atomic mass is 10.2. The van der Waals surface area contributed by atoms with Crippen molar-refractivity contribution in [2.24, 2.45) is 0 Å². The normalized spacial score (nSPS) is 10.9. The van der Waals surface area contributed by atoms with Crippen molar-refractivity contribution in [3.05, 3.63) is 68.7 Å². The van der Waals surface area contributed by atoms with E-state index in [4.69, 9.17) is 44.6 Å². The van der Waals surface area contributed by atoms with Crippen molar-refractivity contribution in [2.45, 2.75) is 6.61 Å². The van der Waals surface area contributed by atoms with Crippen molar-refractivity contribution in [2.75, 3.05) is 0 Å². The van der Waals surface area contributed by atoms with Gasteiger partial charge in [-0.2, -0.15) is 0 Å². The lowest BCUT2D eigenvalue weighted by Gasteiger charge is -2.10. The highest BCUT2D eigenvalue weighted by Crippen LogP contribution is 2.27. The van der Waals surface area contributed by atoms with E-state index < -0.39 is 5.97 Å². The molecule has 114 valence electrons. The molecule has 0 spiro atoms. The van der Waals surface area contributed by atoms with Crippen LogP contribution >= 0.6 is 34.8 Å². The summed E-state index contributed by atoms with van der Waals surface area (Å²) in [5.41, 5.74) is 1.42. The standard InChI is InChI=1S/C16H11Cl3O3/c17-12-3-5-15(11(8-12)2-6-16(20)21)22-9-10-1-4-13(18)14(19)7-10/h1-8H,9H2,(H,20,21)/b6-2+. The Morgan fingerprint density at radius 1 is 1.09 bits per heavy atom. The molecule has 0 saturated carbocycles. The molecule has 0 radical (unpaired) electrons. The Morgan fingerprint density at radius 3 is 2.55 bits per heavy atom. The highest BCUT2D eigenvalue weighted by molar-refractivity contribution is 6.42. The SMILES string of the molecule is O=C(O)/C=C/c1cc(Cl)ccc1OCc1ccc(Cl)c(Cl)c1. The number of rotatable bonds is 5. The monoisotopic (exact) mass is 356 g/mol. The summed E-state index contributed by atoms with van der Waals surface area (Å²) in [5.74, 6) is -0.525. The minimum atomic E-state index is -1.05. The molecule has 2 aromatic rings. The lowest BCUT2D eigenvalue weighted by molar-refractivity contribution is -0.131. The zero-order valence-electron chi connectivity index (χ0n) is 11.2. The summed E-state index contributed by atoms with van der Waals surface area (Å²) in [6, 6.07) is 10.2. The van der Waals surface area contributed by atoms with Crippen LogP contribution < -0.4 is 4.74 Å². The van der Waals surface area contributed by atoms with Crippen molar-refractivity contribution in [3.63, 3.8) is 0 Å². The first-order valence-corrected chi connectivity index (χ1v) is 7.36. The summed E-state index contributed by atoms with van der Waals surface area (Å²) in [4.78, 5) is 10.6. The van der Waals surface area contributed by atoms with Crippen molar-refractivity contribution < 1.29 is 14.6 Å². The van der Waals surface area contributed by atoms with Gasteiger partial charge in [0.2, 0.25) is 0 Å². The van der Waals surface area contributed by atoms with Crippen molar-refractivity contribution in [1.82, 2.24) is 0 Å². The summed E-state index contributed by atoms with van der Waals surface area (Å²) in [7, 11) is 0. The third kappa shape index (κ3) is 4.67. The lowest BCUT2D eigenvalue weighted by Crippen LogP contribution is -1.97. The van der Waals surface area contributed by atoms with Crippen LogP contribution in [0.5, 0.6) is 5.75 Å². The van der Waals surface area contributed by atoms with E-state index in [1.54, 1.807) is 36.4 Å². The van der Waals surface area contributed by atoms with Gasteiger partial charge in [-0.05, 0) is 42.0 Å². The number of carboxylic acid groups (broad SMARTS) is 1. The molecule has 2 aromatic carbocycles. The number of halogens is 3. The van der Waals surface area contributed by atoms with Crippen LogP contribution in [0.2, 0.25) is 15.1 Å². The first kappa shape index (κ1) is 16.7. The van der Waals surface area contributed by atoms with Crippen LogP contribution in [0.1, 0.15) is 11.1 Å². The van der Waals surface area contributed by atoms with E-state index >= 15 is 0 Å². The average molecular weight is 358 g/mol. The predicted molar refractivity (Wildman–Crippen MR) is 88.9 cm³/mol. The largest absolute Gasteiger partial charge is 0.488 e. The number of ether oxygens (including phenoxy) is 1. The second-order valence-electron chi connectivity index (χ2n) is 4.39. The molecule has 0 aliphatic heterocycles. The number of benzene rings is 2. The second-order valence-corrected chi connectivity index (χ2v) is 5.64. The van der Waals surface area contributed by atoms with Gasteiger partial charge in [0, 0.05) is 16.7 Å². The quantitative estimate of drug-likeness (QED) is 0.736. The van der Waals surface area contributed by atoms with Crippen molar-refractivity contribution >= 4 is 46.8 Å². The fourth-order valence-electron chi connectivity index (χ4n) is 1.73. The van der Waals surface area contributed by atoms with Crippen molar-refractivity contribution in [3.8, 4) is 5.75 Å². The van der Waals surface area contributed by atoms with Crippen LogP contribution in [0.15, 0.2) is 42.5 Å². The molecule has 0 aliphatic rings. The number of hydrogen-bond acceptors (Lipinski definition) is 2. The number of carbonyl (C=O) groups is 1. The van der Waals surface area contributed by atoms with Gasteiger partial charge in [0.1, 0.15) is 12.4 Å². The Balaban J connectivity index is 2.18. The molecule has 0 unspecified atom stereocenters. The molecule has 0 aliphatic carbocycles. The van der Waals surface area contributed by atoms with Gasteiger partial charge < -0.3 is 9.84 Å². The van der Waals surface area contributed by atoms with E-state index in [1.165, 1.54) is 6.08 Å². The fourth-order valence-corrected chi connectivity index (χ4v) is 2.23. The number of hydrogen-bond donors (Lipinski definition) is 1. The Bertz CT molecular complexity index is 727.